The van der Waals surface area contributed by atoms with E-state index in [9.17, 15) is 5.11 Å². The van der Waals surface area contributed by atoms with Crippen molar-refractivity contribution in [2.24, 2.45) is 5.92 Å². The molecular weight excluding hydrogens is 198 g/mol. The average Bonchev–Trinajstić information content (AvgIpc) is 2.84. The van der Waals surface area contributed by atoms with E-state index in [-0.39, 0.29) is 6.10 Å². The predicted molar refractivity (Wildman–Crippen MR) is 67.4 cm³/mol. The zero-order valence-electron chi connectivity index (χ0n) is 10.9. The SMILES string of the molecule is CC(C)CN(C1CCCC1)[C@H]1CCC[C@@H]1O. The summed E-state index contributed by atoms with van der Waals surface area (Å²) in [5.41, 5.74) is 0. The molecule has 1 N–H and O–H groups in total. The molecule has 0 bridgehead atoms. The number of hydrogen-bond donors (Lipinski definition) is 1. The van der Waals surface area contributed by atoms with Crippen LogP contribution in [0.15, 0.2) is 0 Å². The van der Waals surface area contributed by atoms with E-state index >= 15 is 0 Å². The Balaban J connectivity index is 2.00. The highest BCUT2D eigenvalue weighted by atomic mass is 16.3. The first kappa shape index (κ1) is 12.4. The first-order valence-corrected chi connectivity index (χ1v) is 7.12. The Hall–Kier alpha value is -0.0800. The van der Waals surface area contributed by atoms with Crippen LogP contribution in [0.3, 0.4) is 0 Å². The zero-order chi connectivity index (χ0) is 11.5. The molecule has 2 fully saturated rings. The second-order valence-corrected chi connectivity index (χ2v) is 6.09. The second kappa shape index (κ2) is 5.50. The van der Waals surface area contributed by atoms with Gasteiger partial charge in [0.2, 0.25) is 0 Å². The highest BCUT2D eigenvalue weighted by molar-refractivity contribution is 4.90. The van der Waals surface area contributed by atoms with Crippen molar-refractivity contribution in [3.8, 4) is 0 Å². The van der Waals surface area contributed by atoms with Crippen molar-refractivity contribution in [3.05, 3.63) is 0 Å². The number of aliphatic hydroxyl groups excluding tert-OH is 1. The Bertz CT molecular complexity index is 211. The Kier molecular flexibility index (Phi) is 4.26. The molecule has 0 radical (unpaired) electrons. The number of hydrogen-bond acceptors (Lipinski definition) is 2. The summed E-state index contributed by atoms with van der Waals surface area (Å²) in [5.74, 6) is 0.716. The van der Waals surface area contributed by atoms with Crippen LogP contribution in [-0.4, -0.2) is 34.7 Å². The lowest BCUT2D eigenvalue weighted by Gasteiger charge is -2.37. The van der Waals surface area contributed by atoms with Gasteiger partial charge in [0.15, 0.2) is 0 Å². The van der Waals surface area contributed by atoms with Crippen molar-refractivity contribution in [1.82, 2.24) is 4.90 Å². The van der Waals surface area contributed by atoms with Gasteiger partial charge in [-0.15, -0.1) is 0 Å². The van der Waals surface area contributed by atoms with Crippen LogP contribution in [0.1, 0.15) is 58.8 Å². The van der Waals surface area contributed by atoms with E-state index in [2.05, 4.69) is 18.7 Å². The minimum atomic E-state index is -0.0562. The summed E-state index contributed by atoms with van der Waals surface area (Å²) < 4.78 is 0. The highest BCUT2D eigenvalue weighted by Gasteiger charge is 2.35. The highest BCUT2D eigenvalue weighted by Crippen LogP contribution is 2.32. The Morgan fingerprint density at radius 2 is 1.75 bits per heavy atom. The lowest BCUT2D eigenvalue weighted by Crippen LogP contribution is -2.47. The Labute approximate surface area is 100 Å². The molecule has 0 spiro atoms. The third-order valence-corrected chi connectivity index (χ3v) is 4.24. The first-order valence-electron chi connectivity index (χ1n) is 7.12. The molecule has 0 aromatic rings. The molecule has 0 saturated heterocycles. The van der Waals surface area contributed by atoms with E-state index in [1.807, 2.05) is 0 Å². The fourth-order valence-corrected chi connectivity index (χ4v) is 3.52. The fourth-order valence-electron chi connectivity index (χ4n) is 3.52. The molecule has 2 nitrogen and oxygen atoms in total. The molecule has 2 heteroatoms. The number of nitrogens with zero attached hydrogens (tertiary/aromatic N) is 1. The molecule has 2 atom stereocenters. The van der Waals surface area contributed by atoms with Crippen LogP contribution in [-0.2, 0) is 0 Å². The number of rotatable bonds is 4. The normalized spacial score (nSPS) is 32.1. The summed E-state index contributed by atoms with van der Waals surface area (Å²) >= 11 is 0. The van der Waals surface area contributed by atoms with E-state index in [1.54, 1.807) is 0 Å². The van der Waals surface area contributed by atoms with Gasteiger partial charge in [-0.3, -0.25) is 4.90 Å². The largest absolute Gasteiger partial charge is 0.391 e. The van der Waals surface area contributed by atoms with Crippen LogP contribution in [0.2, 0.25) is 0 Å². The van der Waals surface area contributed by atoms with Gasteiger partial charge in [-0.1, -0.05) is 26.7 Å². The maximum Gasteiger partial charge on any atom is 0.0695 e. The quantitative estimate of drug-likeness (QED) is 0.795. The summed E-state index contributed by atoms with van der Waals surface area (Å²) in [6, 6.07) is 1.23. The van der Waals surface area contributed by atoms with Crippen LogP contribution in [0.4, 0.5) is 0 Å². The predicted octanol–water partition coefficient (Wildman–Crippen LogP) is 2.80. The van der Waals surface area contributed by atoms with E-state index in [4.69, 9.17) is 0 Å². The fraction of sp³-hybridized carbons (Fsp3) is 1.00. The van der Waals surface area contributed by atoms with Gasteiger partial charge < -0.3 is 5.11 Å². The topological polar surface area (TPSA) is 23.5 Å². The van der Waals surface area contributed by atoms with Gasteiger partial charge in [0.05, 0.1) is 6.10 Å². The molecular formula is C14H27NO. The third-order valence-electron chi connectivity index (χ3n) is 4.24. The third kappa shape index (κ3) is 2.78. The summed E-state index contributed by atoms with van der Waals surface area (Å²) in [7, 11) is 0. The molecule has 2 aliphatic rings. The van der Waals surface area contributed by atoms with E-state index in [0.717, 1.165) is 12.5 Å². The van der Waals surface area contributed by atoms with Crippen molar-refractivity contribution < 1.29 is 5.11 Å². The molecule has 0 aromatic heterocycles. The van der Waals surface area contributed by atoms with Gasteiger partial charge >= 0.3 is 0 Å². The van der Waals surface area contributed by atoms with Gasteiger partial charge in [0.25, 0.3) is 0 Å². The van der Waals surface area contributed by atoms with Crippen molar-refractivity contribution >= 4 is 0 Å². The van der Waals surface area contributed by atoms with E-state index < -0.39 is 0 Å². The van der Waals surface area contributed by atoms with E-state index in [1.165, 1.54) is 45.1 Å². The summed E-state index contributed by atoms with van der Waals surface area (Å²) in [6.45, 7) is 5.76. The zero-order valence-corrected chi connectivity index (χ0v) is 10.9. The van der Waals surface area contributed by atoms with Gasteiger partial charge in [-0.05, 0) is 38.0 Å². The lowest BCUT2D eigenvalue weighted by molar-refractivity contribution is 0.0364. The molecule has 2 aliphatic carbocycles. The summed E-state index contributed by atoms with van der Waals surface area (Å²) in [4.78, 5) is 2.65. The average molecular weight is 225 g/mol. The molecule has 16 heavy (non-hydrogen) atoms. The van der Waals surface area contributed by atoms with Gasteiger partial charge in [-0.25, -0.2) is 0 Å². The summed E-state index contributed by atoms with van der Waals surface area (Å²) in [5, 5.41) is 10.1. The Morgan fingerprint density at radius 3 is 2.25 bits per heavy atom. The molecule has 0 heterocycles. The standard InChI is InChI=1S/C14H27NO/c1-11(2)10-15(12-6-3-4-7-12)13-8-5-9-14(13)16/h11-14,16H,3-10H2,1-2H3/t13-,14-/m0/s1. The van der Waals surface area contributed by atoms with Crippen LogP contribution >= 0.6 is 0 Å². The molecule has 0 unspecified atom stereocenters. The van der Waals surface area contributed by atoms with Gasteiger partial charge in [-0.2, -0.15) is 0 Å². The molecule has 0 amide bonds. The van der Waals surface area contributed by atoms with Gasteiger partial charge in [0, 0.05) is 18.6 Å². The summed E-state index contributed by atoms with van der Waals surface area (Å²) in [6.07, 6.45) is 8.89. The van der Waals surface area contributed by atoms with Crippen LogP contribution < -0.4 is 0 Å². The molecule has 2 rings (SSSR count). The lowest BCUT2D eigenvalue weighted by atomic mass is 10.0. The van der Waals surface area contributed by atoms with Crippen LogP contribution in [0, 0.1) is 5.92 Å². The van der Waals surface area contributed by atoms with Crippen LogP contribution in [0.25, 0.3) is 0 Å². The van der Waals surface area contributed by atoms with E-state index in [0.29, 0.717) is 12.0 Å². The monoisotopic (exact) mass is 225 g/mol. The minimum absolute atomic E-state index is 0.0562. The molecule has 0 aliphatic heterocycles. The van der Waals surface area contributed by atoms with Gasteiger partial charge in [0.1, 0.15) is 0 Å². The molecule has 0 aromatic carbocycles. The maximum atomic E-state index is 10.1. The maximum absolute atomic E-state index is 10.1. The molecule has 94 valence electrons. The van der Waals surface area contributed by atoms with Crippen molar-refractivity contribution in [2.45, 2.75) is 77.0 Å². The Morgan fingerprint density at radius 1 is 1.06 bits per heavy atom. The minimum Gasteiger partial charge on any atom is -0.391 e. The van der Waals surface area contributed by atoms with Crippen molar-refractivity contribution in [2.75, 3.05) is 6.54 Å². The second-order valence-electron chi connectivity index (χ2n) is 6.09. The first-order chi connectivity index (χ1) is 7.68. The van der Waals surface area contributed by atoms with Crippen molar-refractivity contribution in [3.63, 3.8) is 0 Å². The van der Waals surface area contributed by atoms with Crippen molar-refractivity contribution in [1.29, 1.82) is 0 Å². The smallest absolute Gasteiger partial charge is 0.0695 e. The van der Waals surface area contributed by atoms with Crippen LogP contribution in [0.5, 0.6) is 0 Å². The molecule has 2 saturated carbocycles. The number of aliphatic hydroxyl groups is 1.